The summed E-state index contributed by atoms with van der Waals surface area (Å²) in [4.78, 5) is 2.37. The van der Waals surface area contributed by atoms with Crippen LogP contribution < -0.4 is 0 Å². The van der Waals surface area contributed by atoms with E-state index in [1.807, 2.05) is 20.8 Å². The average Bonchev–Trinajstić information content (AvgIpc) is 1.83. The molecule has 0 saturated heterocycles. The lowest BCUT2D eigenvalue weighted by atomic mass is 9.99. The van der Waals surface area contributed by atoms with Crippen LogP contribution in [0, 0.1) is 5.41 Å². The van der Waals surface area contributed by atoms with Crippen LogP contribution in [0.3, 0.4) is 0 Å². The van der Waals surface area contributed by atoms with Gasteiger partial charge in [-0.05, 0) is 5.41 Å². The van der Waals surface area contributed by atoms with Crippen molar-refractivity contribution < 1.29 is 17.4 Å². The van der Waals surface area contributed by atoms with Crippen LogP contribution in [0.2, 0.25) is 0 Å². The van der Waals surface area contributed by atoms with Gasteiger partial charge in [0.25, 0.3) is 0 Å². The second-order valence-electron chi connectivity index (χ2n) is 3.54. The third kappa shape index (κ3) is 6.03. The smallest absolute Gasteiger partial charge is 0.361 e. The van der Waals surface area contributed by atoms with Gasteiger partial charge in [-0.25, -0.2) is 0 Å². The molecule has 0 saturated carbocycles. The van der Waals surface area contributed by atoms with Crippen molar-refractivity contribution in [2.75, 3.05) is 6.61 Å². The Morgan fingerprint density at radius 3 is 2.33 bits per heavy atom. The zero-order valence-corrected chi connectivity index (χ0v) is 8.13. The lowest BCUT2D eigenvalue weighted by Crippen LogP contribution is -2.19. The van der Waals surface area contributed by atoms with Crippen molar-refractivity contribution in [3.8, 4) is 0 Å². The quantitative estimate of drug-likeness (QED) is 0.216. The molecule has 0 spiro atoms. The molecule has 0 unspecified atom stereocenters. The Labute approximate surface area is 72.1 Å². The number of rotatable bonds is 3. The summed E-state index contributed by atoms with van der Waals surface area (Å²) in [7, 11) is -3.81. The zero-order chi connectivity index (χ0) is 9.83. The summed E-state index contributed by atoms with van der Waals surface area (Å²) in [6.45, 7) is 5.55. The molecule has 0 aliphatic carbocycles. The van der Waals surface area contributed by atoms with E-state index in [1.165, 1.54) is 0 Å². The number of hydrogen-bond donors (Lipinski definition) is 0. The molecule has 70 valence electrons. The monoisotopic (exact) mass is 192 g/mol. The molecule has 0 fully saturated rings. The standard InChI is InChI=1S/C6H12N2O3S/c1-6(2,3)4-11-12(9,10)5-8-7/h5H,4H2,1-3H3. The second-order valence-corrected chi connectivity index (χ2v) is 4.97. The van der Waals surface area contributed by atoms with Gasteiger partial charge in [0.05, 0.1) is 6.61 Å². The van der Waals surface area contributed by atoms with E-state index in [2.05, 4.69) is 8.97 Å². The van der Waals surface area contributed by atoms with Crippen molar-refractivity contribution in [2.24, 2.45) is 5.41 Å². The van der Waals surface area contributed by atoms with E-state index in [9.17, 15) is 8.42 Å². The van der Waals surface area contributed by atoms with E-state index < -0.39 is 10.1 Å². The van der Waals surface area contributed by atoms with Crippen LogP contribution in [0.25, 0.3) is 5.53 Å². The predicted octanol–water partition coefficient (Wildman–Crippen LogP) is 0.637. The van der Waals surface area contributed by atoms with Gasteiger partial charge < -0.3 is 5.53 Å². The van der Waals surface area contributed by atoms with Crippen molar-refractivity contribution >= 4 is 15.7 Å². The van der Waals surface area contributed by atoms with Gasteiger partial charge >= 0.3 is 15.7 Å². The van der Waals surface area contributed by atoms with Gasteiger partial charge in [-0.3, -0.25) is 4.18 Å². The normalized spacial score (nSPS) is 12.2. The fraction of sp³-hybridized carbons (Fsp3) is 0.833. The first-order valence-corrected chi connectivity index (χ1v) is 4.81. The summed E-state index contributed by atoms with van der Waals surface area (Å²) in [5.41, 5.74) is 8.06. The fourth-order valence-corrected chi connectivity index (χ4v) is 1.04. The highest BCUT2D eigenvalue weighted by atomic mass is 32.2. The van der Waals surface area contributed by atoms with Crippen LogP contribution >= 0.6 is 0 Å². The second kappa shape index (κ2) is 3.80. The highest BCUT2D eigenvalue weighted by Gasteiger charge is 2.18. The molecule has 0 amide bonds. The van der Waals surface area contributed by atoms with Gasteiger partial charge in [0.1, 0.15) is 0 Å². The predicted molar refractivity (Wildman–Crippen MR) is 44.0 cm³/mol. The Morgan fingerprint density at radius 1 is 1.50 bits per heavy atom. The van der Waals surface area contributed by atoms with Crippen molar-refractivity contribution in [1.82, 2.24) is 0 Å². The van der Waals surface area contributed by atoms with Crippen LogP contribution in [0.4, 0.5) is 0 Å². The lowest BCUT2D eigenvalue weighted by Gasteiger charge is -2.15. The minimum Gasteiger partial charge on any atom is -0.361 e. The Morgan fingerprint density at radius 2 is 2.00 bits per heavy atom. The highest BCUT2D eigenvalue weighted by Crippen LogP contribution is 2.13. The van der Waals surface area contributed by atoms with Crippen LogP contribution in [0.15, 0.2) is 0 Å². The third-order valence-corrected chi connectivity index (χ3v) is 1.63. The SMILES string of the molecule is CC(C)(C)COS(=O)(=O)C=[N+]=[N-]. The molecule has 0 heterocycles. The van der Waals surface area contributed by atoms with E-state index in [0.29, 0.717) is 5.55 Å². The average molecular weight is 192 g/mol. The van der Waals surface area contributed by atoms with Crippen LogP contribution in [0.1, 0.15) is 20.8 Å². The summed E-state index contributed by atoms with van der Waals surface area (Å²) in [5.74, 6) is 0. The molecule has 0 aromatic rings. The van der Waals surface area contributed by atoms with Crippen LogP contribution in [-0.4, -0.2) is 25.4 Å². The molecule has 6 heteroatoms. The molecule has 0 N–H and O–H groups in total. The fourth-order valence-electron chi connectivity index (χ4n) is 0.347. The van der Waals surface area contributed by atoms with Gasteiger partial charge in [-0.2, -0.15) is 13.2 Å². The van der Waals surface area contributed by atoms with E-state index in [0.717, 1.165) is 0 Å². The topological polar surface area (TPSA) is 79.8 Å². The van der Waals surface area contributed by atoms with E-state index >= 15 is 0 Å². The lowest BCUT2D eigenvalue weighted by molar-refractivity contribution is 0.00638. The van der Waals surface area contributed by atoms with Crippen molar-refractivity contribution in [3.05, 3.63) is 5.53 Å². The Kier molecular flexibility index (Phi) is 3.57. The first-order valence-electron chi connectivity index (χ1n) is 3.34. The summed E-state index contributed by atoms with van der Waals surface area (Å²) in [5, 5.41) is 0. The maximum atomic E-state index is 10.7. The van der Waals surface area contributed by atoms with E-state index in [-0.39, 0.29) is 12.0 Å². The molecule has 0 bridgehead atoms. The molecule has 5 nitrogen and oxygen atoms in total. The first kappa shape index (κ1) is 11.3. The first-order chi connectivity index (χ1) is 5.27. The Hall–Kier alpha value is -0.710. The van der Waals surface area contributed by atoms with Crippen molar-refractivity contribution in [3.63, 3.8) is 0 Å². The number of nitrogens with zero attached hydrogens (tertiary/aromatic N) is 2. The van der Waals surface area contributed by atoms with Gasteiger partial charge in [-0.15, -0.1) is 0 Å². The van der Waals surface area contributed by atoms with E-state index in [4.69, 9.17) is 5.53 Å². The van der Waals surface area contributed by atoms with Gasteiger partial charge in [0.2, 0.25) is 0 Å². The highest BCUT2D eigenvalue weighted by molar-refractivity contribution is 8.00. The molecule has 0 aromatic heterocycles. The number of hydrogen-bond acceptors (Lipinski definition) is 3. The molecule has 0 radical (unpaired) electrons. The summed E-state index contributed by atoms with van der Waals surface area (Å²) < 4.78 is 26.0. The van der Waals surface area contributed by atoms with Crippen molar-refractivity contribution in [1.29, 1.82) is 0 Å². The minimum atomic E-state index is -3.81. The third-order valence-electron chi connectivity index (χ3n) is 0.832. The Balaban J connectivity index is 4.21. The molecule has 0 atom stereocenters. The molecule has 0 rings (SSSR count). The van der Waals surface area contributed by atoms with Crippen LogP contribution in [0.5, 0.6) is 0 Å². The summed E-state index contributed by atoms with van der Waals surface area (Å²) >= 11 is 0. The molecule has 0 aromatic carbocycles. The summed E-state index contributed by atoms with van der Waals surface area (Å²) in [6.07, 6.45) is 0. The largest absolute Gasteiger partial charge is 0.396 e. The Bertz CT molecular complexity index is 282. The van der Waals surface area contributed by atoms with E-state index in [1.54, 1.807) is 0 Å². The maximum Gasteiger partial charge on any atom is 0.396 e. The summed E-state index contributed by atoms with van der Waals surface area (Å²) in [6, 6.07) is 0. The van der Waals surface area contributed by atoms with Crippen molar-refractivity contribution in [2.45, 2.75) is 20.8 Å². The molecular weight excluding hydrogens is 180 g/mol. The van der Waals surface area contributed by atoms with Gasteiger partial charge in [-0.1, -0.05) is 20.8 Å². The molecule has 0 aliphatic rings. The van der Waals surface area contributed by atoms with Gasteiger partial charge in [0.15, 0.2) is 0 Å². The molecule has 12 heavy (non-hydrogen) atoms. The zero-order valence-electron chi connectivity index (χ0n) is 7.31. The van der Waals surface area contributed by atoms with Crippen LogP contribution in [-0.2, 0) is 14.3 Å². The minimum absolute atomic E-state index is 0.0569. The molecule has 0 aliphatic heterocycles. The van der Waals surface area contributed by atoms with Gasteiger partial charge in [0, 0.05) is 0 Å². The molecular formula is C6H12N2O3S. The maximum absolute atomic E-state index is 10.7.